The molecule has 0 unspecified atom stereocenters. The lowest BCUT2D eigenvalue weighted by atomic mass is 10.2. The number of aldehydes is 1. The van der Waals surface area contributed by atoms with Gasteiger partial charge in [0.25, 0.3) is 0 Å². The summed E-state index contributed by atoms with van der Waals surface area (Å²) in [6.07, 6.45) is 0.646. The van der Waals surface area contributed by atoms with Crippen molar-refractivity contribution in [3.8, 4) is 11.5 Å². The van der Waals surface area contributed by atoms with Gasteiger partial charge in [-0.2, -0.15) is 0 Å². The summed E-state index contributed by atoms with van der Waals surface area (Å²) in [5.41, 5.74) is 0.401. The summed E-state index contributed by atoms with van der Waals surface area (Å²) >= 11 is 5.88. The zero-order chi connectivity index (χ0) is 13.1. The first-order valence-corrected chi connectivity index (χ1v) is 5.35. The second-order valence-electron chi connectivity index (χ2n) is 3.49. The Morgan fingerprint density at radius 3 is 2.44 bits per heavy atom. The molecule has 18 heavy (non-hydrogen) atoms. The molecule has 2 nitrogen and oxygen atoms in total. The first-order valence-electron chi connectivity index (χ1n) is 4.98. The molecule has 92 valence electrons. The Hall–Kier alpha value is -1.94. The van der Waals surface area contributed by atoms with Gasteiger partial charge in [0, 0.05) is 11.6 Å². The summed E-state index contributed by atoms with van der Waals surface area (Å²) in [4.78, 5) is 10.5. The molecule has 5 heteroatoms. The van der Waals surface area contributed by atoms with Crippen LogP contribution >= 0.6 is 11.6 Å². The molecule has 0 aliphatic rings. The number of benzene rings is 2. The highest BCUT2D eigenvalue weighted by Crippen LogP contribution is 2.30. The van der Waals surface area contributed by atoms with Crippen LogP contribution in [0.3, 0.4) is 0 Å². The van der Waals surface area contributed by atoms with E-state index in [2.05, 4.69) is 0 Å². The first kappa shape index (κ1) is 12.5. The van der Waals surface area contributed by atoms with E-state index in [1.165, 1.54) is 24.3 Å². The van der Waals surface area contributed by atoms with Crippen molar-refractivity contribution in [3.05, 3.63) is 58.6 Å². The van der Waals surface area contributed by atoms with Crippen LogP contribution in [0.4, 0.5) is 8.78 Å². The highest BCUT2D eigenvalue weighted by Gasteiger charge is 2.07. The van der Waals surface area contributed by atoms with Gasteiger partial charge in [0.2, 0.25) is 0 Å². The van der Waals surface area contributed by atoms with Crippen LogP contribution in [0, 0.1) is 11.6 Å². The molecule has 0 bridgehead atoms. The van der Waals surface area contributed by atoms with E-state index in [0.717, 1.165) is 12.1 Å². The van der Waals surface area contributed by atoms with E-state index in [-0.39, 0.29) is 16.5 Å². The second kappa shape index (κ2) is 5.14. The van der Waals surface area contributed by atoms with Gasteiger partial charge in [0.05, 0.1) is 5.02 Å². The predicted octanol–water partition coefficient (Wildman–Crippen LogP) is 4.22. The summed E-state index contributed by atoms with van der Waals surface area (Å²) in [5.74, 6) is -1.58. The Labute approximate surface area is 107 Å². The van der Waals surface area contributed by atoms with Crippen LogP contribution in [-0.4, -0.2) is 6.29 Å². The van der Waals surface area contributed by atoms with Crippen LogP contribution in [0.15, 0.2) is 36.4 Å². The van der Waals surface area contributed by atoms with Gasteiger partial charge < -0.3 is 4.74 Å². The number of rotatable bonds is 3. The third-order valence-electron chi connectivity index (χ3n) is 2.21. The number of carbonyl (C=O) groups is 1. The van der Waals surface area contributed by atoms with E-state index in [0.29, 0.717) is 11.8 Å². The Morgan fingerprint density at radius 2 is 1.83 bits per heavy atom. The normalized spacial score (nSPS) is 10.2. The van der Waals surface area contributed by atoms with Crippen molar-refractivity contribution >= 4 is 17.9 Å². The van der Waals surface area contributed by atoms with Crippen LogP contribution in [0.5, 0.6) is 11.5 Å². The third kappa shape index (κ3) is 2.65. The fourth-order valence-electron chi connectivity index (χ4n) is 1.34. The van der Waals surface area contributed by atoms with Crippen molar-refractivity contribution in [3.63, 3.8) is 0 Å². The van der Waals surface area contributed by atoms with Gasteiger partial charge in [0.1, 0.15) is 17.8 Å². The zero-order valence-corrected chi connectivity index (χ0v) is 9.75. The molecule has 0 atom stereocenters. The van der Waals surface area contributed by atoms with E-state index in [4.69, 9.17) is 16.3 Å². The monoisotopic (exact) mass is 268 g/mol. The smallest absolute Gasteiger partial charge is 0.162 e. The topological polar surface area (TPSA) is 26.3 Å². The molecule has 0 saturated heterocycles. The average Bonchev–Trinajstić information content (AvgIpc) is 2.36. The third-order valence-corrected chi connectivity index (χ3v) is 2.51. The molecule has 0 amide bonds. The second-order valence-corrected chi connectivity index (χ2v) is 3.89. The number of hydrogen-bond donors (Lipinski definition) is 0. The summed E-state index contributed by atoms with van der Waals surface area (Å²) < 4.78 is 31.0. The number of hydrogen-bond acceptors (Lipinski definition) is 2. The molecule has 0 aliphatic heterocycles. The molecule has 0 fully saturated rings. The minimum absolute atomic E-state index is 0.120. The van der Waals surface area contributed by atoms with E-state index < -0.39 is 11.6 Å². The van der Waals surface area contributed by atoms with Crippen LogP contribution in [0.1, 0.15) is 10.4 Å². The van der Waals surface area contributed by atoms with Gasteiger partial charge in [0.15, 0.2) is 11.6 Å². The molecule has 2 rings (SSSR count). The molecule has 0 heterocycles. The molecule has 0 aromatic heterocycles. The van der Waals surface area contributed by atoms with Crippen molar-refractivity contribution in [2.24, 2.45) is 0 Å². The van der Waals surface area contributed by atoms with Gasteiger partial charge in [-0.15, -0.1) is 0 Å². The van der Waals surface area contributed by atoms with E-state index in [1.54, 1.807) is 0 Å². The van der Waals surface area contributed by atoms with Crippen molar-refractivity contribution in [2.75, 3.05) is 0 Å². The van der Waals surface area contributed by atoms with Gasteiger partial charge >= 0.3 is 0 Å². The maximum Gasteiger partial charge on any atom is 0.162 e. The first-order chi connectivity index (χ1) is 8.60. The molecule has 0 radical (unpaired) electrons. The zero-order valence-electron chi connectivity index (χ0n) is 8.99. The van der Waals surface area contributed by atoms with Crippen LogP contribution in [0.2, 0.25) is 5.02 Å². The Morgan fingerprint density at radius 1 is 1.06 bits per heavy atom. The Kier molecular flexibility index (Phi) is 3.58. The van der Waals surface area contributed by atoms with Crippen LogP contribution in [-0.2, 0) is 0 Å². The fourth-order valence-corrected chi connectivity index (χ4v) is 1.57. The molecular weight excluding hydrogens is 262 g/mol. The number of carbonyl (C=O) groups excluding carboxylic acids is 1. The molecule has 0 spiro atoms. The van der Waals surface area contributed by atoms with Crippen molar-refractivity contribution < 1.29 is 18.3 Å². The van der Waals surface area contributed by atoms with E-state index >= 15 is 0 Å². The lowest BCUT2D eigenvalue weighted by Crippen LogP contribution is -1.90. The number of halogens is 3. The maximum absolute atomic E-state index is 13.0. The van der Waals surface area contributed by atoms with E-state index in [1.807, 2.05) is 0 Å². The maximum atomic E-state index is 13.0. The average molecular weight is 269 g/mol. The molecule has 0 N–H and O–H groups in total. The Balaban J connectivity index is 2.28. The lowest BCUT2D eigenvalue weighted by molar-refractivity contribution is 0.112. The van der Waals surface area contributed by atoms with Crippen LogP contribution < -0.4 is 4.74 Å². The molecule has 0 aliphatic carbocycles. The minimum Gasteiger partial charge on any atom is -0.456 e. The summed E-state index contributed by atoms with van der Waals surface area (Å²) in [6.45, 7) is 0. The Bertz CT molecular complexity index is 600. The summed E-state index contributed by atoms with van der Waals surface area (Å²) in [6, 6.07) is 7.56. The molecular formula is C13H7ClF2O2. The highest BCUT2D eigenvalue weighted by atomic mass is 35.5. The highest BCUT2D eigenvalue weighted by molar-refractivity contribution is 6.32. The molecule has 2 aromatic carbocycles. The van der Waals surface area contributed by atoms with Gasteiger partial charge in [-0.1, -0.05) is 11.6 Å². The fraction of sp³-hybridized carbons (Fsp3) is 0. The summed E-state index contributed by atoms with van der Waals surface area (Å²) in [7, 11) is 0. The largest absolute Gasteiger partial charge is 0.456 e. The number of ether oxygens (including phenoxy) is 1. The predicted molar refractivity (Wildman–Crippen MR) is 63.3 cm³/mol. The van der Waals surface area contributed by atoms with Crippen molar-refractivity contribution in [2.45, 2.75) is 0 Å². The van der Waals surface area contributed by atoms with Crippen molar-refractivity contribution in [1.82, 2.24) is 0 Å². The summed E-state index contributed by atoms with van der Waals surface area (Å²) in [5, 5.41) is 0.212. The van der Waals surface area contributed by atoms with Crippen molar-refractivity contribution in [1.29, 1.82) is 0 Å². The van der Waals surface area contributed by atoms with E-state index in [9.17, 15) is 13.6 Å². The van der Waals surface area contributed by atoms with Gasteiger partial charge in [-0.05, 0) is 30.3 Å². The van der Waals surface area contributed by atoms with Gasteiger partial charge in [-0.25, -0.2) is 8.78 Å². The standard InChI is InChI=1S/C13H7ClF2O2/c14-10-5-8(7-17)1-4-13(10)18-9-2-3-11(15)12(16)6-9/h1-7H. The molecule has 0 saturated carbocycles. The minimum atomic E-state index is -1.01. The quantitative estimate of drug-likeness (QED) is 0.779. The SMILES string of the molecule is O=Cc1ccc(Oc2ccc(F)c(F)c2)c(Cl)c1. The van der Waals surface area contributed by atoms with Gasteiger partial charge in [-0.3, -0.25) is 4.79 Å². The lowest BCUT2D eigenvalue weighted by Gasteiger charge is -2.08. The van der Waals surface area contributed by atoms with Crippen LogP contribution in [0.25, 0.3) is 0 Å². The molecule has 2 aromatic rings.